The van der Waals surface area contributed by atoms with Gasteiger partial charge in [-0.05, 0) is 37.5 Å². The van der Waals surface area contributed by atoms with E-state index in [0.29, 0.717) is 34.2 Å². The van der Waals surface area contributed by atoms with Crippen molar-refractivity contribution in [2.75, 3.05) is 11.4 Å². The van der Waals surface area contributed by atoms with Gasteiger partial charge in [-0.3, -0.25) is 14.5 Å². The molecule has 0 aliphatic carbocycles. The maximum absolute atomic E-state index is 13.2. The van der Waals surface area contributed by atoms with Crippen molar-refractivity contribution >= 4 is 28.3 Å². The van der Waals surface area contributed by atoms with Gasteiger partial charge in [-0.1, -0.05) is 23.5 Å². The van der Waals surface area contributed by atoms with E-state index in [1.54, 1.807) is 24.0 Å². The van der Waals surface area contributed by atoms with Crippen molar-refractivity contribution in [3.05, 3.63) is 46.2 Å². The number of carbonyl (C=O) groups excluding carboxylic acids is 2. The molecule has 5 nitrogen and oxygen atoms in total. The van der Waals surface area contributed by atoms with Gasteiger partial charge in [0.25, 0.3) is 5.91 Å². The van der Waals surface area contributed by atoms with E-state index in [0.717, 1.165) is 12.8 Å². The number of thiazole rings is 1. The van der Waals surface area contributed by atoms with Crippen molar-refractivity contribution in [3.63, 3.8) is 0 Å². The van der Waals surface area contributed by atoms with E-state index < -0.39 is 0 Å². The number of hydrogen-bond donors (Lipinski definition) is 1. The molecule has 0 saturated carbocycles. The average Bonchev–Trinajstić information content (AvgIpc) is 2.95. The van der Waals surface area contributed by atoms with Gasteiger partial charge in [0.1, 0.15) is 10.7 Å². The second kappa shape index (κ2) is 7.09. The summed E-state index contributed by atoms with van der Waals surface area (Å²) in [6.45, 7) is 2.65. The molecule has 7 heteroatoms. The Bertz CT molecular complexity index is 775. The lowest BCUT2D eigenvalue weighted by Gasteiger charge is -2.23. The molecular weight excluding hydrogens is 329 g/mol. The quantitative estimate of drug-likeness (QED) is 0.925. The van der Waals surface area contributed by atoms with E-state index in [2.05, 4.69) is 10.3 Å². The van der Waals surface area contributed by atoms with Crippen LogP contribution in [0.15, 0.2) is 24.3 Å². The fourth-order valence-electron chi connectivity index (χ4n) is 2.63. The normalized spacial score (nSPS) is 14.8. The number of nitrogens with zero attached hydrogens (tertiary/aromatic N) is 2. The van der Waals surface area contributed by atoms with Crippen molar-refractivity contribution in [2.45, 2.75) is 32.7 Å². The summed E-state index contributed by atoms with van der Waals surface area (Å²) in [7, 11) is 0. The number of anilines is 1. The minimum Gasteiger partial charge on any atom is -0.347 e. The summed E-state index contributed by atoms with van der Waals surface area (Å²) in [4.78, 5) is 30.9. The standard InChI is InChI=1S/C17H18FN3O2S/c1-11-15(16(23)19-10-12-5-4-6-13(18)9-12)24-17(20-11)21-8-3-2-7-14(21)22/h4-6,9H,2-3,7-8,10H2,1H3,(H,19,23). The SMILES string of the molecule is Cc1nc(N2CCCCC2=O)sc1C(=O)NCc1cccc(F)c1. The summed E-state index contributed by atoms with van der Waals surface area (Å²) in [5, 5.41) is 3.35. The van der Waals surface area contributed by atoms with Crippen LogP contribution < -0.4 is 10.2 Å². The van der Waals surface area contributed by atoms with Crippen LogP contribution in [-0.2, 0) is 11.3 Å². The molecule has 3 rings (SSSR count). The third-order valence-electron chi connectivity index (χ3n) is 3.89. The highest BCUT2D eigenvalue weighted by atomic mass is 32.1. The largest absolute Gasteiger partial charge is 0.347 e. The van der Waals surface area contributed by atoms with Crippen molar-refractivity contribution in [2.24, 2.45) is 0 Å². The van der Waals surface area contributed by atoms with Crippen LogP contribution in [0.2, 0.25) is 0 Å². The van der Waals surface area contributed by atoms with Gasteiger partial charge in [0.2, 0.25) is 5.91 Å². The number of amides is 2. The first-order chi connectivity index (χ1) is 11.5. The Morgan fingerprint density at radius 3 is 3.00 bits per heavy atom. The van der Waals surface area contributed by atoms with Crippen molar-refractivity contribution in [1.29, 1.82) is 0 Å². The molecule has 24 heavy (non-hydrogen) atoms. The zero-order valence-electron chi connectivity index (χ0n) is 13.3. The fourth-order valence-corrected chi connectivity index (χ4v) is 3.65. The van der Waals surface area contributed by atoms with Gasteiger partial charge in [0.05, 0.1) is 5.69 Å². The number of aromatic nitrogens is 1. The molecule has 0 bridgehead atoms. The lowest BCUT2D eigenvalue weighted by molar-refractivity contribution is -0.119. The highest BCUT2D eigenvalue weighted by Gasteiger charge is 2.25. The van der Waals surface area contributed by atoms with Crippen LogP contribution in [-0.4, -0.2) is 23.3 Å². The van der Waals surface area contributed by atoms with Gasteiger partial charge >= 0.3 is 0 Å². The van der Waals surface area contributed by atoms with E-state index in [1.165, 1.54) is 23.5 Å². The molecule has 2 aromatic rings. The molecule has 2 amide bonds. The highest BCUT2D eigenvalue weighted by molar-refractivity contribution is 7.17. The van der Waals surface area contributed by atoms with E-state index in [9.17, 15) is 14.0 Å². The van der Waals surface area contributed by atoms with Crippen LogP contribution in [0.5, 0.6) is 0 Å². The second-order valence-electron chi connectivity index (χ2n) is 5.73. The van der Waals surface area contributed by atoms with Crippen LogP contribution in [0.25, 0.3) is 0 Å². The first-order valence-corrected chi connectivity index (χ1v) is 8.66. The summed E-state index contributed by atoms with van der Waals surface area (Å²) in [6.07, 6.45) is 2.38. The molecule has 126 valence electrons. The van der Waals surface area contributed by atoms with Crippen LogP contribution >= 0.6 is 11.3 Å². The number of hydrogen-bond acceptors (Lipinski definition) is 4. The number of piperidine rings is 1. The first kappa shape index (κ1) is 16.6. The molecule has 1 aliphatic rings. The van der Waals surface area contributed by atoms with Gasteiger partial charge in [-0.2, -0.15) is 0 Å². The molecule has 1 fully saturated rings. The molecule has 1 aromatic heterocycles. The van der Waals surface area contributed by atoms with E-state index >= 15 is 0 Å². The average molecular weight is 347 g/mol. The molecule has 2 heterocycles. The lowest BCUT2D eigenvalue weighted by atomic mass is 10.1. The number of halogens is 1. The number of nitrogens with one attached hydrogen (secondary N) is 1. The summed E-state index contributed by atoms with van der Waals surface area (Å²) < 4.78 is 13.2. The first-order valence-electron chi connectivity index (χ1n) is 7.85. The molecule has 1 saturated heterocycles. The molecule has 1 aromatic carbocycles. The maximum Gasteiger partial charge on any atom is 0.263 e. The number of carbonyl (C=O) groups is 2. The third kappa shape index (κ3) is 3.62. The number of aryl methyl sites for hydroxylation is 1. The van der Waals surface area contributed by atoms with Gasteiger partial charge in [0, 0.05) is 19.5 Å². The summed E-state index contributed by atoms with van der Waals surface area (Å²) in [6, 6.07) is 6.10. The van der Waals surface area contributed by atoms with Crippen molar-refractivity contribution < 1.29 is 14.0 Å². The Morgan fingerprint density at radius 2 is 2.25 bits per heavy atom. The van der Waals surface area contributed by atoms with E-state index in [1.807, 2.05) is 0 Å². The van der Waals surface area contributed by atoms with Gasteiger partial charge < -0.3 is 5.32 Å². The molecule has 0 atom stereocenters. The summed E-state index contributed by atoms with van der Waals surface area (Å²) in [5.74, 6) is -0.534. The van der Waals surface area contributed by atoms with E-state index in [4.69, 9.17) is 0 Å². The molecule has 0 spiro atoms. The van der Waals surface area contributed by atoms with Gasteiger partial charge in [-0.25, -0.2) is 9.37 Å². The Labute approximate surface area is 143 Å². The number of rotatable bonds is 4. The lowest BCUT2D eigenvalue weighted by Crippen LogP contribution is -2.35. The fraction of sp³-hybridized carbons (Fsp3) is 0.353. The summed E-state index contributed by atoms with van der Waals surface area (Å²) in [5.41, 5.74) is 1.29. The molecule has 0 radical (unpaired) electrons. The van der Waals surface area contributed by atoms with Crippen LogP contribution in [0.1, 0.15) is 40.2 Å². The Morgan fingerprint density at radius 1 is 1.42 bits per heavy atom. The van der Waals surface area contributed by atoms with Crippen LogP contribution in [0.4, 0.5) is 9.52 Å². The zero-order chi connectivity index (χ0) is 17.1. The predicted octanol–water partition coefficient (Wildman–Crippen LogP) is 3.04. The van der Waals surface area contributed by atoms with Crippen molar-refractivity contribution in [3.8, 4) is 0 Å². The Hall–Kier alpha value is -2.28. The van der Waals surface area contributed by atoms with Crippen molar-refractivity contribution in [1.82, 2.24) is 10.3 Å². The van der Waals surface area contributed by atoms with Gasteiger partial charge in [0.15, 0.2) is 5.13 Å². The smallest absolute Gasteiger partial charge is 0.263 e. The zero-order valence-corrected chi connectivity index (χ0v) is 14.2. The molecule has 0 unspecified atom stereocenters. The second-order valence-corrected chi connectivity index (χ2v) is 6.70. The minimum absolute atomic E-state index is 0.0571. The predicted molar refractivity (Wildman–Crippen MR) is 90.6 cm³/mol. The highest BCUT2D eigenvalue weighted by Crippen LogP contribution is 2.28. The maximum atomic E-state index is 13.2. The monoisotopic (exact) mass is 347 g/mol. The Kier molecular flexibility index (Phi) is 4.89. The Balaban J connectivity index is 1.70. The van der Waals surface area contributed by atoms with Crippen LogP contribution in [0.3, 0.4) is 0 Å². The number of benzene rings is 1. The molecule has 1 N–H and O–H groups in total. The minimum atomic E-state index is -0.332. The molecule has 1 aliphatic heterocycles. The summed E-state index contributed by atoms with van der Waals surface area (Å²) >= 11 is 1.22. The van der Waals surface area contributed by atoms with E-state index in [-0.39, 0.29) is 24.2 Å². The molecular formula is C17H18FN3O2S. The third-order valence-corrected chi connectivity index (χ3v) is 5.07. The topological polar surface area (TPSA) is 62.3 Å². The van der Waals surface area contributed by atoms with Gasteiger partial charge in [-0.15, -0.1) is 0 Å². The van der Waals surface area contributed by atoms with Crippen LogP contribution in [0, 0.1) is 12.7 Å².